The zero-order valence-corrected chi connectivity index (χ0v) is 15.2. The van der Waals surface area contributed by atoms with Gasteiger partial charge in [-0.15, -0.1) is 0 Å². The second-order valence-electron chi connectivity index (χ2n) is 6.53. The predicted molar refractivity (Wildman–Crippen MR) is 104 cm³/mol. The number of esters is 1. The molecule has 0 amide bonds. The maximum Gasteiger partial charge on any atom is 0.333 e. The summed E-state index contributed by atoms with van der Waals surface area (Å²) in [5.74, 6) is -1.02. The first-order valence-corrected chi connectivity index (χ1v) is 8.87. The van der Waals surface area contributed by atoms with E-state index in [0.29, 0.717) is 11.3 Å². The molecule has 0 fully saturated rings. The third-order valence-corrected chi connectivity index (χ3v) is 4.87. The molecule has 6 heteroatoms. The monoisotopic (exact) mass is 380 g/mol. The van der Waals surface area contributed by atoms with E-state index in [-0.39, 0.29) is 6.54 Å². The summed E-state index contributed by atoms with van der Waals surface area (Å²) >= 11 is 0. The lowest BCUT2D eigenvalue weighted by Gasteiger charge is -2.36. The summed E-state index contributed by atoms with van der Waals surface area (Å²) in [4.78, 5) is 18.3. The number of amidine groups is 1. The van der Waals surface area contributed by atoms with E-state index in [1.165, 1.54) is 12.0 Å². The number of benzene rings is 3. The number of alkyl halides is 2. The molecule has 0 bridgehead atoms. The van der Waals surface area contributed by atoms with Gasteiger partial charge in [-0.25, -0.2) is 18.6 Å². The van der Waals surface area contributed by atoms with Crippen LogP contribution in [0.1, 0.15) is 17.2 Å². The third-order valence-electron chi connectivity index (χ3n) is 4.87. The minimum atomic E-state index is -2.83. The summed E-state index contributed by atoms with van der Waals surface area (Å²) in [6.07, 6.45) is -2.83. The van der Waals surface area contributed by atoms with Crippen molar-refractivity contribution in [3.63, 3.8) is 0 Å². The van der Waals surface area contributed by atoms with E-state index in [2.05, 4.69) is 4.99 Å². The third kappa shape index (κ3) is 3.11. The molecule has 0 N–H and O–H groups in total. The number of fused-ring (bicyclic) bond motifs is 3. The van der Waals surface area contributed by atoms with Gasteiger partial charge >= 0.3 is 5.97 Å². The van der Waals surface area contributed by atoms with Crippen molar-refractivity contribution in [1.29, 1.82) is 0 Å². The van der Waals surface area contributed by atoms with E-state index < -0.39 is 24.3 Å². The first-order valence-electron chi connectivity index (χ1n) is 8.87. The fourth-order valence-corrected chi connectivity index (χ4v) is 3.59. The van der Waals surface area contributed by atoms with Crippen LogP contribution in [0.3, 0.4) is 0 Å². The predicted octanol–water partition coefficient (Wildman–Crippen LogP) is 4.86. The molecular weight excluding hydrogens is 362 g/mol. The average Bonchev–Trinajstić information content (AvgIpc) is 2.73. The molecule has 0 aliphatic carbocycles. The molecular formula is C22H18F2N2O2. The normalized spacial score (nSPS) is 16.1. The smallest absolute Gasteiger partial charge is 0.333 e. The largest absolute Gasteiger partial charge is 0.467 e. The van der Waals surface area contributed by atoms with Crippen LogP contribution in [0, 0.1) is 0 Å². The Balaban J connectivity index is 1.92. The Kier molecular flexibility index (Phi) is 4.77. The van der Waals surface area contributed by atoms with Crippen molar-refractivity contribution < 1.29 is 18.3 Å². The highest BCUT2D eigenvalue weighted by Crippen LogP contribution is 2.42. The van der Waals surface area contributed by atoms with Gasteiger partial charge in [0.15, 0.2) is 11.9 Å². The summed E-state index contributed by atoms with van der Waals surface area (Å²) in [5, 5.41) is 1.60. The molecule has 0 aromatic heterocycles. The molecule has 1 aliphatic rings. The Hall–Kier alpha value is -3.28. The maximum atomic E-state index is 14.0. The van der Waals surface area contributed by atoms with Gasteiger partial charge in [-0.05, 0) is 10.9 Å². The highest BCUT2D eigenvalue weighted by molar-refractivity contribution is 6.03. The van der Waals surface area contributed by atoms with E-state index >= 15 is 0 Å². The Bertz CT molecular complexity index is 1050. The van der Waals surface area contributed by atoms with E-state index in [1.807, 2.05) is 60.7 Å². The Morgan fingerprint density at radius 1 is 1.07 bits per heavy atom. The van der Waals surface area contributed by atoms with Crippen molar-refractivity contribution in [3.05, 3.63) is 77.9 Å². The van der Waals surface area contributed by atoms with E-state index in [0.717, 1.165) is 16.3 Å². The van der Waals surface area contributed by atoms with Gasteiger partial charge in [-0.1, -0.05) is 66.7 Å². The summed E-state index contributed by atoms with van der Waals surface area (Å²) in [6.45, 7) is 0.121. The Labute approximate surface area is 161 Å². The van der Waals surface area contributed by atoms with Gasteiger partial charge in [0.2, 0.25) is 0 Å². The number of carbonyl (C=O) groups excluding carboxylic acids is 1. The number of hydrogen-bond donors (Lipinski definition) is 0. The SMILES string of the molecule is COC(=O)C1c2ccc3ccccc3c2N=C(C(F)F)N1Cc1ccccc1. The summed E-state index contributed by atoms with van der Waals surface area (Å²) < 4.78 is 32.9. The molecule has 142 valence electrons. The molecule has 1 unspecified atom stereocenters. The summed E-state index contributed by atoms with van der Waals surface area (Å²) in [7, 11) is 1.26. The van der Waals surface area contributed by atoms with Crippen LogP contribution < -0.4 is 0 Å². The van der Waals surface area contributed by atoms with Gasteiger partial charge in [-0.2, -0.15) is 0 Å². The number of aliphatic imine (C=N–C) groups is 1. The molecule has 28 heavy (non-hydrogen) atoms. The van der Waals surface area contributed by atoms with Gasteiger partial charge in [0.05, 0.1) is 12.8 Å². The van der Waals surface area contributed by atoms with Crippen molar-refractivity contribution in [2.75, 3.05) is 7.11 Å². The van der Waals surface area contributed by atoms with Crippen molar-refractivity contribution >= 4 is 28.3 Å². The number of carbonyl (C=O) groups is 1. The van der Waals surface area contributed by atoms with Crippen molar-refractivity contribution in [3.8, 4) is 0 Å². The standard InChI is InChI=1S/C22H18F2N2O2/c1-28-22(27)19-17-12-11-15-9-5-6-10-16(15)18(17)25-21(20(23)24)26(19)13-14-7-3-2-4-8-14/h2-12,19-20H,13H2,1H3. The molecule has 0 saturated heterocycles. The topological polar surface area (TPSA) is 41.9 Å². The lowest BCUT2D eigenvalue weighted by Crippen LogP contribution is -2.44. The molecule has 1 atom stereocenters. The second kappa shape index (κ2) is 7.38. The van der Waals surface area contributed by atoms with E-state index in [9.17, 15) is 13.6 Å². The highest BCUT2D eigenvalue weighted by atomic mass is 19.3. The summed E-state index contributed by atoms with van der Waals surface area (Å²) in [6, 6.07) is 19.2. The zero-order valence-electron chi connectivity index (χ0n) is 15.2. The van der Waals surface area contributed by atoms with Crippen molar-refractivity contribution in [2.45, 2.75) is 19.0 Å². The van der Waals surface area contributed by atoms with Gasteiger partial charge in [0.1, 0.15) is 0 Å². The number of ether oxygens (including phenoxy) is 1. The summed E-state index contributed by atoms with van der Waals surface area (Å²) in [5.41, 5.74) is 1.76. The highest BCUT2D eigenvalue weighted by Gasteiger charge is 2.39. The van der Waals surface area contributed by atoms with Crippen LogP contribution >= 0.6 is 0 Å². The lowest BCUT2D eigenvalue weighted by molar-refractivity contribution is -0.146. The van der Waals surface area contributed by atoms with Crippen LogP contribution in [0.15, 0.2) is 71.7 Å². The fourth-order valence-electron chi connectivity index (χ4n) is 3.59. The van der Waals surface area contributed by atoms with Gasteiger partial charge in [-0.3, -0.25) is 0 Å². The quantitative estimate of drug-likeness (QED) is 0.607. The zero-order chi connectivity index (χ0) is 19.7. The number of methoxy groups -OCH3 is 1. The molecule has 1 heterocycles. The number of hydrogen-bond acceptors (Lipinski definition) is 4. The van der Waals surface area contributed by atoms with E-state index in [1.54, 1.807) is 6.07 Å². The molecule has 1 aliphatic heterocycles. The van der Waals surface area contributed by atoms with Gasteiger partial charge in [0.25, 0.3) is 6.43 Å². The molecule has 0 radical (unpaired) electrons. The maximum absolute atomic E-state index is 14.0. The lowest BCUT2D eigenvalue weighted by atomic mass is 9.95. The average molecular weight is 380 g/mol. The van der Waals surface area contributed by atoms with Crippen LogP contribution in [-0.4, -0.2) is 30.2 Å². The first-order chi connectivity index (χ1) is 13.6. The van der Waals surface area contributed by atoms with E-state index in [4.69, 9.17) is 4.74 Å². The van der Waals surface area contributed by atoms with Crippen LogP contribution in [0.25, 0.3) is 10.8 Å². The molecule has 4 nitrogen and oxygen atoms in total. The first kappa shape index (κ1) is 18.1. The number of halogens is 2. The molecule has 4 rings (SSSR count). The molecule has 0 spiro atoms. The van der Waals surface area contributed by atoms with Crippen molar-refractivity contribution in [2.24, 2.45) is 4.99 Å². The molecule has 0 saturated carbocycles. The Morgan fingerprint density at radius 2 is 1.79 bits per heavy atom. The second-order valence-corrected chi connectivity index (χ2v) is 6.53. The molecule has 3 aromatic rings. The van der Waals surface area contributed by atoms with Gasteiger partial charge < -0.3 is 9.64 Å². The van der Waals surface area contributed by atoms with Crippen LogP contribution in [0.5, 0.6) is 0 Å². The minimum Gasteiger partial charge on any atom is -0.467 e. The molecule has 3 aromatic carbocycles. The van der Waals surface area contributed by atoms with Crippen LogP contribution in [0.2, 0.25) is 0 Å². The van der Waals surface area contributed by atoms with Crippen LogP contribution in [-0.2, 0) is 16.1 Å². The number of rotatable bonds is 4. The Morgan fingerprint density at radius 3 is 2.50 bits per heavy atom. The fraction of sp³-hybridized carbons (Fsp3) is 0.182. The van der Waals surface area contributed by atoms with Crippen LogP contribution in [0.4, 0.5) is 14.5 Å². The van der Waals surface area contributed by atoms with Crippen molar-refractivity contribution in [1.82, 2.24) is 4.90 Å². The van der Waals surface area contributed by atoms with Gasteiger partial charge in [0, 0.05) is 17.5 Å². The number of nitrogens with zero attached hydrogens (tertiary/aromatic N) is 2. The minimum absolute atomic E-state index is 0.121.